The van der Waals surface area contributed by atoms with Crippen molar-refractivity contribution in [2.45, 2.75) is 20.4 Å². The van der Waals surface area contributed by atoms with E-state index < -0.39 is 0 Å². The van der Waals surface area contributed by atoms with E-state index in [2.05, 4.69) is 25.8 Å². The van der Waals surface area contributed by atoms with Gasteiger partial charge in [-0.2, -0.15) is 0 Å². The lowest BCUT2D eigenvalue weighted by Crippen LogP contribution is -2.37. The van der Waals surface area contributed by atoms with Gasteiger partial charge in [-0.25, -0.2) is 4.99 Å². The van der Waals surface area contributed by atoms with Crippen LogP contribution >= 0.6 is 0 Å². The molecule has 2 aromatic heterocycles. The molecule has 2 heterocycles. The topological polar surface area (TPSA) is 66.6 Å². The van der Waals surface area contributed by atoms with Crippen molar-refractivity contribution in [1.82, 2.24) is 25.2 Å². The summed E-state index contributed by atoms with van der Waals surface area (Å²) in [5, 5.41) is 14.6. The second-order valence-electron chi connectivity index (χ2n) is 3.77. The lowest BCUT2D eigenvalue weighted by molar-refractivity contribution is 0.815. The maximum Gasteiger partial charge on any atom is 0.191 e. The van der Waals surface area contributed by atoms with Crippen LogP contribution in [-0.4, -0.2) is 33.6 Å². The molecule has 0 radical (unpaired) electrons. The minimum atomic E-state index is 0.501. The van der Waals surface area contributed by atoms with Crippen molar-refractivity contribution < 1.29 is 0 Å². The minimum absolute atomic E-state index is 0.501. The molecule has 6 nitrogen and oxygen atoms in total. The summed E-state index contributed by atoms with van der Waals surface area (Å²) in [4.78, 5) is 4.47. The second kappa shape index (κ2) is 6.00. The highest BCUT2D eigenvalue weighted by molar-refractivity contribution is 5.79. The number of aromatic nitrogens is 3. The first-order valence-corrected chi connectivity index (χ1v) is 6.16. The molecule has 0 fully saturated rings. The Morgan fingerprint density at radius 1 is 1.22 bits per heavy atom. The highest BCUT2D eigenvalue weighted by Gasteiger charge is 2.03. The molecule has 0 unspecified atom stereocenters. The van der Waals surface area contributed by atoms with Crippen LogP contribution in [0.25, 0.3) is 5.65 Å². The average Bonchev–Trinajstić information content (AvgIpc) is 2.80. The van der Waals surface area contributed by atoms with Crippen LogP contribution in [0.5, 0.6) is 0 Å². The van der Waals surface area contributed by atoms with Crippen LogP contribution in [0.2, 0.25) is 0 Å². The molecule has 2 aromatic rings. The average molecular weight is 246 g/mol. The maximum atomic E-state index is 4.47. The Morgan fingerprint density at radius 2 is 2.00 bits per heavy atom. The van der Waals surface area contributed by atoms with Crippen molar-refractivity contribution in [3.05, 3.63) is 30.2 Å². The molecule has 0 saturated carbocycles. The van der Waals surface area contributed by atoms with Crippen LogP contribution < -0.4 is 10.6 Å². The van der Waals surface area contributed by atoms with Gasteiger partial charge < -0.3 is 10.6 Å². The molecule has 18 heavy (non-hydrogen) atoms. The smallest absolute Gasteiger partial charge is 0.191 e. The number of guanidine groups is 1. The molecule has 0 saturated heterocycles. The number of nitrogens with one attached hydrogen (secondary N) is 2. The highest BCUT2D eigenvalue weighted by atomic mass is 15.3. The third-order valence-corrected chi connectivity index (χ3v) is 2.45. The van der Waals surface area contributed by atoms with Crippen molar-refractivity contribution in [3.63, 3.8) is 0 Å². The van der Waals surface area contributed by atoms with E-state index in [1.807, 2.05) is 42.6 Å². The molecular weight excluding hydrogens is 228 g/mol. The highest BCUT2D eigenvalue weighted by Crippen LogP contribution is 2.03. The Labute approximate surface area is 106 Å². The van der Waals surface area contributed by atoms with Gasteiger partial charge in [-0.15, -0.1) is 10.2 Å². The van der Waals surface area contributed by atoms with Gasteiger partial charge in [-0.05, 0) is 26.0 Å². The van der Waals surface area contributed by atoms with Crippen LogP contribution in [0.15, 0.2) is 29.4 Å². The summed E-state index contributed by atoms with van der Waals surface area (Å²) in [5.74, 6) is 1.63. The Balaban J connectivity index is 2.15. The third-order valence-electron chi connectivity index (χ3n) is 2.45. The number of aliphatic imine (C=N–C) groups is 1. The van der Waals surface area contributed by atoms with Crippen molar-refractivity contribution in [2.75, 3.05) is 13.1 Å². The minimum Gasteiger partial charge on any atom is -0.357 e. The zero-order chi connectivity index (χ0) is 12.8. The molecular formula is C12H18N6. The zero-order valence-corrected chi connectivity index (χ0v) is 10.7. The number of nitrogens with zero attached hydrogens (tertiary/aromatic N) is 4. The molecule has 0 aliphatic heterocycles. The van der Waals surface area contributed by atoms with Gasteiger partial charge in [-0.1, -0.05) is 6.07 Å². The fourth-order valence-corrected chi connectivity index (χ4v) is 1.66. The molecule has 0 atom stereocenters. The first kappa shape index (κ1) is 12.3. The van der Waals surface area contributed by atoms with E-state index in [9.17, 15) is 0 Å². The zero-order valence-electron chi connectivity index (χ0n) is 10.7. The van der Waals surface area contributed by atoms with Gasteiger partial charge in [0.2, 0.25) is 0 Å². The van der Waals surface area contributed by atoms with Crippen LogP contribution in [0.1, 0.15) is 19.7 Å². The molecule has 6 heteroatoms. The van der Waals surface area contributed by atoms with Gasteiger partial charge in [-0.3, -0.25) is 4.40 Å². The van der Waals surface area contributed by atoms with E-state index in [0.717, 1.165) is 30.5 Å². The number of hydrogen-bond acceptors (Lipinski definition) is 3. The molecule has 0 aromatic carbocycles. The first-order chi connectivity index (χ1) is 8.85. The normalized spacial score (nSPS) is 10.3. The summed E-state index contributed by atoms with van der Waals surface area (Å²) >= 11 is 0. The Hall–Kier alpha value is -2.11. The van der Waals surface area contributed by atoms with E-state index in [1.54, 1.807) is 0 Å². The number of rotatable bonds is 4. The molecule has 0 amide bonds. The number of pyridine rings is 1. The standard InChI is InChI=1S/C12H18N6/c1-3-13-12(14-4-2)15-9-11-17-16-10-7-5-6-8-18(10)11/h5-8H,3-4,9H2,1-2H3,(H2,13,14,15). The van der Waals surface area contributed by atoms with E-state index >= 15 is 0 Å². The molecule has 2 N–H and O–H groups in total. The predicted molar refractivity (Wildman–Crippen MR) is 71.5 cm³/mol. The van der Waals surface area contributed by atoms with Gasteiger partial charge in [0.1, 0.15) is 6.54 Å². The van der Waals surface area contributed by atoms with Gasteiger partial charge in [0.15, 0.2) is 17.4 Å². The van der Waals surface area contributed by atoms with Crippen molar-refractivity contribution in [1.29, 1.82) is 0 Å². The van der Waals surface area contributed by atoms with E-state index in [0.29, 0.717) is 6.54 Å². The lowest BCUT2D eigenvalue weighted by atomic mass is 10.4. The Morgan fingerprint density at radius 3 is 2.72 bits per heavy atom. The van der Waals surface area contributed by atoms with Gasteiger partial charge in [0.25, 0.3) is 0 Å². The summed E-state index contributed by atoms with van der Waals surface area (Å²) < 4.78 is 1.94. The molecule has 0 aliphatic carbocycles. The van der Waals surface area contributed by atoms with Crippen LogP contribution in [0.4, 0.5) is 0 Å². The summed E-state index contributed by atoms with van der Waals surface area (Å²) in [6, 6.07) is 5.83. The summed E-state index contributed by atoms with van der Waals surface area (Å²) in [7, 11) is 0. The largest absolute Gasteiger partial charge is 0.357 e. The number of hydrogen-bond donors (Lipinski definition) is 2. The second-order valence-corrected chi connectivity index (χ2v) is 3.77. The van der Waals surface area contributed by atoms with Crippen LogP contribution in [-0.2, 0) is 6.54 Å². The van der Waals surface area contributed by atoms with Gasteiger partial charge >= 0.3 is 0 Å². The molecule has 96 valence electrons. The fourth-order valence-electron chi connectivity index (χ4n) is 1.66. The summed E-state index contributed by atoms with van der Waals surface area (Å²) in [6.07, 6.45) is 1.94. The van der Waals surface area contributed by atoms with E-state index in [4.69, 9.17) is 0 Å². The quantitative estimate of drug-likeness (QED) is 0.618. The molecule has 2 rings (SSSR count). The van der Waals surface area contributed by atoms with Crippen LogP contribution in [0, 0.1) is 0 Å². The van der Waals surface area contributed by atoms with E-state index in [1.165, 1.54) is 0 Å². The van der Waals surface area contributed by atoms with Crippen molar-refractivity contribution >= 4 is 11.6 Å². The predicted octanol–water partition coefficient (Wildman–Crippen LogP) is 0.804. The third kappa shape index (κ3) is 2.77. The van der Waals surface area contributed by atoms with Crippen molar-refractivity contribution in [3.8, 4) is 0 Å². The lowest BCUT2D eigenvalue weighted by Gasteiger charge is -2.08. The fraction of sp³-hybridized carbons (Fsp3) is 0.417. The van der Waals surface area contributed by atoms with E-state index in [-0.39, 0.29) is 0 Å². The van der Waals surface area contributed by atoms with Crippen LogP contribution in [0.3, 0.4) is 0 Å². The molecule has 0 aliphatic rings. The van der Waals surface area contributed by atoms with Crippen molar-refractivity contribution in [2.24, 2.45) is 4.99 Å². The molecule has 0 bridgehead atoms. The summed E-state index contributed by atoms with van der Waals surface area (Å²) in [5.41, 5.74) is 0.844. The monoisotopic (exact) mass is 246 g/mol. The van der Waals surface area contributed by atoms with Gasteiger partial charge in [0.05, 0.1) is 0 Å². The Bertz CT molecular complexity index is 522. The number of fused-ring (bicyclic) bond motifs is 1. The SMILES string of the molecule is CCNC(=NCc1nnc2ccccn12)NCC. The summed E-state index contributed by atoms with van der Waals surface area (Å²) in [6.45, 7) is 6.26. The van der Waals surface area contributed by atoms with Gasteiger partial charge in [0, 0.05) is 19.3 Å². The maximum absolute atomic E-state index is 4.47. The Kier molecular flexibility index (Phi) is 4.11. The molecule has 0 spiro atoms. The first-order valence-electron chi connectivity index (χ1n) is 6.16.